The van der Waals surface area contributed by atoms with Gasteiger partial charge >= 0.3 is 0 Å². The summed E-state index contributed by atoms with van der Waals surface area (Å²) in [5, 5.41) is 0. The van der Waals surface area contributed by atoms with Crippen LogP contribution in [0.1, 0.15) is 23.1 Å². The summed E-state index contributed by atoms with van der Waals surface area (Å²) in [6.07, 6.45) is 1.24. The molecular weight excluding hydrogens is 440 g/mol. The Balaban J connectivity index is 1.54. The number of carbonyl (C=O) groups excluding carboxylic acids is 1. The first-order chi connectivity index (χ1) is 17.2. The van der Waals surface area contributed by atoms with Crippen molar-refractivity contribution in [2.75, 3.05) is 6.61 Å². The first-order valence-corrected chi connectivity index (χ1v) is 11.9. The molecule has 0 N–H and O–H groups in total. The molecule has 1 aliphatic rings. The van der Waals surface area contributed by atoms with Crippen LogP contribution in [0.3, 0.4) is 0 Å². The molecule has 0 radical (unpaired) electrons. The molecule has 4 rings (SSSR count). The van der Waals surface area contributed by atoms with Crippen LogP contribution in [0, 0.1) is 0 Å². The third-order valence-corrected chi connectivity index (χ3v) is 6.13. The van der Waals surface area contributed by atoms with Crippen LogP contribution in [0.2, 0.25) is 0 Å². The van der Waals surface area contributed by atoms with Crippen LogP contribution < -0.4 is 0 Å². The normalized spacial score (nSPS) is 23.7. The minimum absolute atomic E-state index is 0.270. The highest BCUT2D eigenvalue weighted by molar-refractivity contribution is 5.65. The minimum atomic E-state index is -1.20. The lowest BCUT2D eigenvalue weighted by molar-refractivity contribution is -0.147. The van der Waals surface area contributed by atoms with Crippen molar-refractivity contribution in [3.63, 3.8) is 0 Å². The van der Waals surface area contributed by atoms with E-state index < -0.39 is 23.9 Å². The summed E-state index contributed by atoms with van der Waals surface area (Å²) < 4.78 is 25.1. The van der Waals surface area contributed by atoms with E-state index in [-0.39, 0.29) is 6.61 Å². The second-order valence-corrected chi connectivity index (χ2v) is 8.70. The fraction of sp³-hybridized carbons (Fsp3) is 0.300. The van der Waals surface area contributed by atoms with Crippen molar-refractivity contribution in [1.29, 1.82) is 0 Å². The molecule has 3 aromatic carbocycles. The summed E-state index contributed by atoms with van der Waals surface area (Å²) in [4.78, 5) is 12.5. The molecule has 1 fully saturated rings. The Labute approximate surface area is 207 Å². The summed E-state index contributed by atoms with van der Waals surface area (Å²) in [7, 11) is 0. The summed E-state index contributed by atoms with van der Waals surface area (Å²) in [6.45, 7) is 5.27. The van der Waals surface area contributed by atoms with Crippen molar-refractivity contribution in [1.82, 2.24) is 0 Å². The zero-order valence-electron chi connectivity index (χ0n) is 19.8. The maximum atomic E-state index is 12.5. The Bertz CT molecular complexity index is 1040. The van der Waals surface area contributed by atoms with Gasteiger partial charge in [-0.2, -0.15) is 0 Å². The second kappa shape index (κ2) is 12.6. The molecule has 0 spiro atoms. The predicted molar refractivity (Wildman–Crippen MR) is 135 cm³/mol. The number of ether oxygens (including phenoxy) is 4. The highest BCUT2D eigenvalue weighted by Crippen LogP contribution is 2.38. The molecule has 1 saturated heterocycles. The lowest BCUT2D eigenvalue weighted by Gasteiger charge is -2.30. The molecule has 0 unspecified atom stereocenters. The van der Waals surface area contributed by atoms with Gasteiger partial charge in [-0.05, 0) is 16.7 Å². The molecule has 0 aliphatic carbocycles. The third kappa shape index (κ3) is 6.53. The average molecular weight is 473 g/mol. The van der Waals surface area contributed by atoms with Gasteiger partial charge < -0.3 is 23.7 Å². The van der Waals surface area contributed by atoms with Gasteiger partial charge in [-0.15, -0.1) is 6.58 Å². The van der Waals surface area contributed by atoms with Crippen LogP contribution in [0.4, 0.5) is 0 Å². The van der Waals surface area contributed by atoms with Gasteiger partial charge in [0.15, 0.2) is 11.9 Å². The summed E-state index contributed by atoms with van der Waals surface area (Å²) >= 11 is 0. The molecule has 1 heterocycles. The van der Waals surface area contributed by atoms with Crippen molar-refractivity contribution >= 4 is 6.29 Å². The average Bonchev–Trinajstić information content (AvgIpc) is 3.20. The van der Waals surface area contributed by atoms with Crippen LogP contribution in [0.25, 0.3) is 0 Å². The molecule has 35 heavy (non-hydrogen) atoms. The summed E-state index contributed by atoms with van der Waals surface area (Å²) in [6, 6.07) is 29.7. The van der Waals surface area contributed by atoms with E-state index in [9.17, 15) is 4.79 Å². The van der Waals surface area contributed by atoms with Crippen LogP contribution in [0.5, 0.6) is 0 Å². The zero-order chi connectivity index (χ0) is 24.3. The van der Waals surface area contributed by atoms with Gasteiger partial charge in [-0.3, -0.25) is 0 Å². The second-order valence-electron chi connectivity index (χ2n) is 8.70. The number of hydrogen-bond donors (Lipinski definition) is 0. The molecule has 1 aliphatic heterocycles. The van der Waals surface area contributed by atoms with Gasteiger partial charge in [-0.1, -0.05) is 97.1 Å². The van der Waals surface area contributed by atoms with Gasteiger partial charge in [0.2, 0.25) is 0 Å². The number of rotatable bonds is 13. The third-order valence-electron chi connectivity index (χ3n) is 6.13. The van der Waals surface area contributed by atoms with E-state index in [1.165, 1.54) is 0 Å². The van der Waals surface area contributed by atoms with E-state index >= 15 is 0 Å². The zero-order valence-corrected chi connectivity index (χ0v) is 19.8. The highest BCUT2D eigenvalue weighted by Gasteiger charge is 2.56. The Hall–Kier alpha value is -3.09. The molecule has 0 amide bonds. The maximum Gasteiger partial charge on any atom is 0.156 e. The smallest absolute Gasteiger partial charge is 0.156 e. The Morgan fingerprint density at radius 2 is 1.29 bits per heavy atom. The van der Waals surface area contributed by atoms with E-state index in [0.29, 0.717) is 26.2 Å². The fourth-order valence-corrected chi connectivity index (χ4v) is 4.38. The molecule has 5 heteroatoms. The Morgan fingerprint density at radius 3 is 1.80 bits per heavy atom. The molecule has 0 aromatic heterocycles. The lowest BCUT2D eigenvalue weighted by atomic mass is 9.92. The van der Waals surface area contributed by atoms with E-state index in [2.05, 4.69) is 6.58 Å². The van der Waals surface area contributed by atoms with Gasteiger partial charge in [-0.25, -0.2) is 0 Å². The molecule has 4 atom stereocenters. The largest absolute Gasteiger partial charge is 0.374 e. The van der Waals surface area contributed by atoms with Crippen molar-refractivity contribution in [3.05, 3.63) is 120 Å². The maximum absolute atomic E-state index is 12.5. The van der Waals surface area contributed by atoms with Gasteiger partial charge in [0, 0.05) is 6.42 Å². The Kier molecular flexibility index (Phi) is 8.98. The van der Waals surface area contributed by atoms with Crippen LogP contribution >= 0.6 is 0 Å². The highest BCUT2D eigenvalue weighted by atomic mass is 16.6. The SMILES string of the molecule is C=CC[C@@]1(C=O)O[C@H](COCc2ccccc2)[C@@H](OCc2ccccc2)[C@@H]1OCc1ccccc1. The first-order valence-electron chi connectivity index (χ1n) is 11.9. The van der Waals surface area contributed by atoms with Gasteiger partial charge in [0.1, 0.15) is 18.3 Å². The minimum Gasteiger partial charge on any atom is -0.374 e. The van der Waals surface area contributed by atoms with Crippen LogP contribution in [-0.4, -0.2) is 36.8 Å². The lowest BCUT2D eigenvalue weighted by Crippen LogP contribution is -2.47. The van der Waals surface area contributed by atoms with E-state index in [1.54, 1.807) is 6.08 Å². The number of aldehydes is 1. The number of benzene rings is 3. The van der Waals surface area contributed by atoms with Crippen molar-refractivity contribution in [3.8, 4) is 0 Å². The van der Waals surface area contributed by atoms with Crippen molar-refractivity contribution in [2.45, 2.75) is 50.2 Å². The molecular formula is C30H32O5. The predicted octanol–water partition coefficient (Wildman–Crippen LogP) is 5.29. The van der Waals surface area contributed by atoms with Crippen LogP contribution in [-0.2, 0) is 43.6 Å². The van der Waals surface area contributed by atoms with Gasteiger partial charge in [0.25, 0.3) is 0 Å². The van der Waals surface area contributed by atoms with E-state index in [1.807, 2.05) is 91.0 Å². The quantitative estimate of drug-likeness (QED) is 0.250. The topological polar surface area (TPSA) is 54.0 Å². The van der Waals surface area contributed by atoms with Crippen LogP contribution in [0.15, 0.2) is 104 Å². The number of carbonyl (C=O) groups is 1. The van der Waals surface area contributed by atoms with Crippen molar-refractivity contribution < 1.29 is 23.7 Å². The molecule has 0 bridgehead atoms. The van der Waals surface area contributed by atoms with E-state index in [0.717, 1.165) is 23.0 Å². The molecule has 182 valence electrons. The molecule has 3 aromatic rings. The fourth-order valence-electron chi connectivity index (χ4n) is 4.38. The Morgan fingerprint density at radius 1 is 0.771 bits per heavy atom. The number of hydrogen-bond acceptors (Lipinski definition) is 5. The summed E-state index contributed by atoms with van der Waals surface area (Å²) in [5.41, 5.74) is 1.91. The van der Waals surface area contributed by atoms with E-state index in [4.69, 9.17) is 18.9 Å². The molecule has 5 nitrogen and oxygen atoms in total. The van der Waals surface area contributed by atoms with Gasteiger partial charge in [0.05, 0.1) is 26.4 Å². The summed E-state index contributed by atoms with van der Waals surface area (Å²) in [5.74, 6) is 0. The first kappa shape index (κ1) is 25.0. The standard InChI is InChI=1S/C30H32O5/c1-2-18-30(23-31)29(34-21-26-16-10-5-11-17-26)28(33-20-25-14-8-4-9-15-25)27(35-30)22-32-19-24-12-6-3-7-13-24/h2-17,23,27-29H,1,18-22H2/t27-,28-,29+,30+/m1/s1. The van der Waals surface area contributed by atoms with Crippen molar-refractivity contribution in [2.24, 2.45) is 0 Å². The monoisotopic (exact) mass is 472 g/mol. The molecule has 0 saturated carbocycles.